The van der Waals surface area contributed by atoms with Gasteiger partial charge in [0.2, 0.25) is 0 Å². The second kappa shape index (κ2) is 8.71. The first-order chi connectivity index (χ1) is 9.08. The Balaban J connectivity index is 0.00000400. The molecule has 0 aromatic rings. The molecule has 1 atom stereocenters. The smallest absolute Gasteiger partial charge is 0.0898 e. The van der Waals surface area contributed by atoms with Crippen LogP contribution in [0.25, 0.3) is 0 Å². The predicted octanol–water partition coefficient (Wildman–Crippen LogP) is 3.78. The summed E-state index contributed by atoms with van der Waals surface area (Å²) in [6.07, 6.45) is 4.73. The number of ether oxygens (including phenoxy) is 1. The van der Waals surface area contributed by atoms with Crippen LogP contribution < -0.4 is 5.32 Å². The average molecular weight is 322 g/mol. The second-order valence-corrected chi connectivity index (χ2v) is 8.46. The number of β-amino-alcohol motifs (C(OH)–C–C–N with tert-alkyl or cyclic N) is 1. The highest BCUT2D eigenvalue weighted by atomic mass is 35.5. The molecule has 2 N–H and O–H groups in total. The highest BCUT2D eigenvalue weighted by Gasteiger charge is 2.30. The Morgan fingerprint density at radius 3 is 2.00 bits per heavy atom. The molecule has 0 bridgehead atoms. The Hall–Kier alpha value is 0.170. The predicted molar refractivity (Wildman–Crippen MR) is 92.2 cm³/mol. The number of hydrogen-bond donors (Lipinski definition) is 2. The lowest BCUT2D eigenvalue weighted by atomic mass is 9.72. The molecule has 128 valence electrons. The van der Waals surface area contributed by atoms with E-state index in [1.165, 1.54) is 12.8 Å². The Bertz CT molecular complexity index is 275. The van der Waals surface area contributed by atoms with Crippen molar-refractivity contribution in [3.8, 4) is 0 Å². The monoisotopic (exact) mass is 321 g/mol. The van der Waals surface area contributed by atoms with Gasteiger partial charge in [-0.05, 0) is 57.8 Å². The maximum Gasteiger partial charge on any atom is 0.0898 e. The van der Waals surface area contributed by atoms with Crippen molar-refractivity contribution in [2.24, 2.45) is 11.3 Å². The Kier molecular flexibility index (Phi) is 8.78. The maximum atomic E-state index is 9.94. The van der Waals surface area contributed by atoms with Crippen LogP contribution in [0.15, 0.2) is 0 Å². The molecule has 0 radical (unpaired) electrons. The summed E-state index contributed by atoms with van der Waals surface area (Å²) in [5.74, 6) is 0.815. The lowest BCUT2D eigenvalue weighted by molar-refractivity contribution is -0.0371. The highest BCUT2D eigenvalue weighted by molar-refractivity contribution is 5.85. The van der Waals surface area contributed by atoms with Crippen molar-refractivity contribution in [2.75, 3.05) is 13.2 Å². The molecule has 1 unspecified atom stereocenters. The van der Waals surface area contributed by atoms with Gasteiger partial charge in [-0.25, -0.2) is 0 Å². The zero-order valence-electron chi connectivity index (χ0n) is 14.7. The van der Waals surface area contributed by atoms with Crippen LogP contribution in [-0.2, 0) is 4.74 Å². The van der Waals surface area contributed by atoms with E-state index in [1.807, 2.05) is 0 Å². The quantitative estimate of drug-likeness (QED) is 0.809. The van der Waals surface area contributed by atoms with Crippen molar-refractivity contribution in [3.63, 3.8) is 0 Å². The fourth-order valence-corrected chi connectivity index (χ4v) is 2.83. The molecule has 0 heterocycles. The molecule has 1 aliphatic rings. The fourth-order valence-electron chi connectivity index (χ4n) is 2.83. The molecule has 0 amide bonds. The van der Waals surface area contributed by atoms with Crippen molar-refractivity contribution in [1.29, 1.82) is 0 Å². The van der Waals surface area contributed by atoms with E-state index in [-0.39, 0.29) is 17.9 Å². The van der Waals surface area contributed by atoms with Crippen molar-refractivity contribution < 1.29 is 9.84 Å². The first kappa shape index (κ1) is 21.2. The van der Waals surface area contributed by atoms with Crippen LogP contribution in [-0.4, -0.2) is 36.0 Å². The van der Waals surface area contributed by atoms with Crippen LogP contribution >= 0.6 is 12.4 Å². The van der Waals surface area contributed by atoms with Gasteiger partial charge in [0, 0.05) is 12.1 Å². The minimum atomic E-state index is -0.408. The molecule has 1 rings (SSSR count). The van der Waals surface area contributed by atoms with Gasteiger partial charge in [0.25, 0.3) is 0 Å². The van der Waals surface area contributed by atoms with Gasteiger partial charge in [0.1, 0.15) is 0 Å². The molecule has 1 saturated carbocycles. The van der Waals surface area contributed by atoms with E-state index in [0.29, 0.717) is 24.7 Å². The van der Waals surface area contributed by atoms with Crippen LogP contribution in [0, 0.1) is 11.3 Å². The molecule has 0 saturated heterocycles. The van der Waals surface area contributed by atoms with E-state index >= 15 is 0 Å². The molecule has 21 heavy (non-hydrogen) atoms. The zero-order valence-corrected chi connectivity index (χ0v) is 15.6. The van der Waals surface area contributed by atoms with E-state index in [2.05, 4.69) is 46.9 Å². The second-order valence-electron chi connectivity index (χ2n) is 8.46. The molecule has 0 aromatic carbocycles. The summed E-state index contributed by atoms with van der Waals surface area (Å²) in [5.41, 5.74) is 0.465. The fraction of sp³-hybridized carbons (Fsp3) is 1.00. The first-order valence-corrected chi connectivity index (χ1v) is 8.12. The standard InChI is InChI=1S/C17H35NO2.ClH/c1-16(2,3)13-7-9-15(10-8-13)20-12-14(19)11-18-17(4,5)6;/h13-15,18-19H,7-12H2,1-6H3;1H. The lowest BCUT2D eigenvalue weighted by Gasteiger charge is -2.37. The summed E-state index contributed by atoms with van der Waals surface area (Å²) in [5, 5.41) is 13.2. The third-order valence-electron chi connectivity index (χ3n) is 4.29. The van der Waals surface area contributed by atoms with Gasteiger partial charge in [0.15, 0.2) is 0 Å². The van der Waals surface area contributed by atoms with Crippen LogP contribution in [0.4, 0.5) is 0 Å². The normalized spacial score (nSPS) is 25.3. The number of nitrogens with one attached hydrogen (secondary N) is 1. The summed E-state index contributed by atoms with van der Waals surface area (Å²) >= 11 is 0. The number of halogens is 1. The maximum absolute atomic E-state index is 9.94. The Morgan fingerprint density at radius 1 is 1.05 bits per heavy atom. The van der Waals surface area contributed by atoms with E-state index in [9.17, 15) is 5.11 Å². The SMILES string of the molecule is CC(C)(C)NCC(O)COC1CCC(C(C)(C)C)CC1.Cl. The number of aliphatic hydroxyl groups excluding tert-OH is 1. The molecule has 0 aromatic heterocycles. The summed E-state index contributed by atoms with van der Waals surface area (Å²) in [6.45, 7) is 14.4. The number of hydrogen-bond acceptors (Lipinski definition) is 3. The van der Waals surface area contributed by atoms with Crippen LogP contribution in [0.1, 0.15) is 67.2 Å². The highest BCUT2D eigenvalue weighted by Crippen LogP contribution is 2.38. The van der Waals surface area contributed by atoms with E-state index in [0.717, 1.165) is 18.8 Å². The molecule has 1 fully saturated rings. The average Bonchev–Trinajstić information content (AvgIpc) is 2.32. The number of rotatable bonds is 5. The van der Waals surface area contributed by atoms with E-state index in [4.69, 9.17) is 4.74 Å². The van der Waals surface area contributed by atoms with Crippen molar-refractivity contribution in [2.45, 2.75) is 85.0 Å². The van der Waals surface area contributed by atoms with Gasteiger partial charge in [-0.3, -0.25) is 0 Å². The minimum absolute atomic E-state index is 0. The van der Waals surface area contributed by atoms with Crippen LogP contribution in [0.5, 0.6) is 0 Å². The Labute approximate surface area is 137 Å². The minimum Gasteiger partial charge on any atom is -0.389 e. The number of aliphatic hydroxyl groups is 1. The third-order valence-corrected chi connectivity index (χ3v) is 4.29. The van der Waals surface area contributed by atoms with Gasteiger partial charge in [-0.1, -0.05) is 20.8 Å². The summed E-state index contributed by atoms with van der Waals surface area (Å²) in [7, 11) is 0. The molecule has 0 spiro atoms. The van der Waals surface area contributed by atoms with Crippen LogP contribution in [0.2, 0.25) is 0 Å². The molecule has 3 nitrogen and oxygen atoms in total. The zero-order chi connectivity index (χ0) is 15.4. The van der Waals surface area contributed by atoms with Crippen molar-refractivity contribution in [1.82, 2.24) is 5.32 Å². The molecule has 4 heteroatoms. The van der Waals surface area contributed by atoms with E-state index < -0.39 is 6.10 Å². The summed E-state index contributed by atoms with van der Waals surface area (Å²) < 4.78 is 5.88. The molecule has 0 aliphatic heterocycles. The topological polar surface area (TPSA) is 41.5 Å². The van der Waals surface area contributed by atoms with E-state index in [1.54, 1.807) is 0 Å². The molecular weight excluding hydrogens is 286 g/mol. The molecular formula is C17H36ClNO2. The first-order valence-electron chi connectivity index (χ1n) is 8.12. The van der Waals surface area contributed by atoms with Crippen LogP contribution in [0.3, 0.4) is 0 Å². The van der Waals surface area contributed by atoms with Gasteiger partial charge in [-0.15, -0.1) is 12.4 Å². The van der Waals surface area contributed by atoms with Crippen molar-refractivity contribution in [3.05, 3.63) is 0 Å². The van der Waals surface area contributed by atoms with Gasteiger partial charge >= 0.3 is 0 Å². The third kappa shape index (κ3) is 9.02. The summed E-state index contributed by atoms with van der Waals surface area (Å²) in [6, 6.07) is 0. The van der Waals surface area contributed by atoms with Gasteiger partial charge < -0.3 is 15.2 Å². The largest absolute Gasteiger partial charge is 0.389 e. The summed E-state index contributed by atoms with van der Waals surface area (Å²) in [4.78, 5) is 0. The van der Waals surface area contributed by atoms with Gasteiger partial charge in [-0.2, -0.15) is 0 Å². The van der Waals surface area contributed by atoms with Gasteiger partial charge in [0.05, 0.1) is 18.8 Å². The molecule has 1 aliphatic carbocycles. The lowest BCUT2D eigenvalue weighted by Crippen LogP contribution is -2.42. The Morgan fingerprint density at radius 2 is 1.57 bits per heavy atom. The van der Waals surface area contributed by atoms with Crippen molar-refractivity contribution >= 4 is 12.4 Å².